The maximum atomic E-state index is 13.2. The van der Waals surface area contributed by atoms with Crippen LogP contribution >= 0.6 is 11.3 Å². The minimum Gasteiger partial charge on any atom is -0.387 e. The lowest BCUT2D eigenvalue weighted by atomic mass is 10.00. The van der Waals surface area contributed by atoms with Gasteiger partial charge in [0.15, 0.2) is 0 Å². The molecule has 1 amide bonds. The first kappa shape index (κ1) is 16.8. The molecule has 3 heterocycles. The van der Waals surface area contributed by atoms with Crippen LogP contribution in [-0.2, 0) is 11.2 Å². The highest BCUT2D eigenvalue weighted by atomic mass is 32.1. The van der Waals surface area contributed by atoms with E-state index < -0.39 is 11.5 Å². The summed E-state index contributed by atoms with van der Waals surface area (Å²) >= 11 is 1.55. The van der Waals surface area contributed by atoms with E-state index >= 15 is 0 Å². The molecule has 3 rings (SSSR count). The maximum Gasteiger partial charge on any atom is 0.250 e. The topological polar surface area (TPSA) is 43.8 Å². The number of carbonyl (C=O) groups is 1. The van der Waals surface area contributed by atoms with Crippen molar-refractivity contribution in [1.82, 2.24) is 9.80 Å². The fourth-order valence-electron chi connectivity index (χ4n) is 3.33. The number of halogens is 2. The molecule has 2 aliphatic heterocycles. The number of hydrogen-bond acceptors (Lipinski definition) is 4. The number of β-amino-alcohol motifs (C(OH)–C–C–N with tert-alkyl or cyclic N) is 1. The van der Waals surface area contributed by atoms with Crippen LogP contribution in [0.1, 0.15) is 24.1 Å². The fourth-order valence-corrected chi connectivity index (χ4v) is 4.02. The summed E-state index contributed by atoms with van der Waals surface area (Å²) in [4.78, 5) is 16.9. The Morgan fingerprint density at radius 2 is 2.00 bits per heavy atom. The van der Waals surface area contributed by atoms with Gasteiger partial charge in [0.1, 0.15) is 0 Å². The van der Waals surface area contributed by atoms with Gasteiger partial charge in [-0.3, -0.25) is 9.69 Å². The van der Waals surface area contributed by atoms with Crippen molar-refractivity contribution in [2.45, 2.75) is 37.2 Å². The summed E-state index contributed by atoms with van der Waals surface area (Å²) in [6, 6.07) is 3.85. The second kappa shape index (κ2) is 6.45. The van der Waals surface area contributed by atoms with E-state index in [0.29, 0.717) is 45.6 Å². The minimum absolute atomic E-state index is 0.0218. The van der Waals surface area contributed by atoms with Gasteiger partial charge in [0.2, 0.25) is 5.91 Å². The molecule has 0 radical (unpaired) electrons. The van der Waals surface area contributed by atoms with Crippen molar-refractivity contribution in [3.63, 3.8) is 0 Å². The van der Waals surface area contributed by atoms with E-state index in [-0.39, 0.29) is 18.7 Å². The van der Waals surface area contributed by atoms with Gasteiger partial charge in [0.25, 0.3) is 5.92 Å². The van der Waals surface area contributed by atoms with Crippen LogP contribution in [0.15, 0.2) is 17.5 Å². The summed E-state index contributed by atoms with van der Waals surface area (Å²) in [7, 11) is 0. The Hall–Kier alpha value is -1.05. The highest BCUT2D eigenvalue weighted by molar-refractivity contribution is 7.10. The van der Waals surface area contributed by atoms with E-state index in [1.165, 1.54) is 0 Å². The Morgan fingerprint density at radius 1 is 1.26 bits per heavy atom. The number of piperidine rings is 1. The zero-order chi connectivity index (χ0) is 16.5. The average molecular weight is 344 g/mol. The molecular weight excluding hydrogens is 322 g/mol. The first-order chi connectivity index (χ1) is 10.9. The number of hydrogen-bond donors (Lipinski definition) is 1. The van der Waals surface area contributed by atoms with E-state index in [0.717, 1.165) is 4.88 Å². The van der Waals surface area contributed by atoms with Crippen molar-refractivity contribution in [3.8, 4) is 0 Å². The summed E-state index contributed by atoms with van der Waals surface area (Å²) in [5.74, 6) is -2.55. The predicted octanol–water partition coefficient (Wildman–Crippen LogP) is 1.99. The van der Waals surface area contributed by atoms with Crippen LogP contribution < -0.4 is 0 Å². The largest absolute Gasteiger partial charge is 0.387 e. The molecule has 1 N–H and O–H groups in total. The lowest BCUT2D eigenvalue weighted by molar-refractivity contribution is -0.130. The van der Waals surface area contributed by atoms with Crippen LogP contribution in [0.4, 0.5) is 8.78 Å². The SMILES string of the molecule is O=C(Cc1cccs1)N1CC[C@](O)(CN2CCC(F)(F)CC2)C1. The monoisotopic (exact) mass is 344 g/mol. The van der Waals surface area contributed by atoms with Crippen molar-refractivity contribution < 1.29 is 18.7 Å². The van der Waals surface area contributed by atoms with Gasteiger partial charge in [-0.2, -0.15) is 0 Å². The predicted molar refractivity (Wildman–Crippen MR) is 84.8 cm³/mol. The van der Waals surface area contributed by atoms with Crippen LogP contribution in [-0.4, -0.2) is 65.1 Å². The van der Waals surface area contributed by atoms with Gasteiger partial charge in [-0.25, -0.2) is 8.78 Å². The summed E-state index contributed by atoms with van der Waals surface area (Å²) in [6.45, 7) is 1.80. The van der Waals surface area contributed by atoms with Gasteiger partial charge in [0.05, 0.1) is 18.6 Å². The first-order valence-electron chi connectivity index (χ1n) is 7.98. The standard InChI is InChI=1S/C16H22F2N2O2S/c17-16(18)4-6-19(7-5-16)11-15(22)3-8-20(12-15)14(21)10-13-2-1-9-23-13/h1-2,9,22H,3-8,10-12H2/t15-/m0/s1. The molecule has 0 bridgehead atoms. The van der Waals surface area contributed by atoms with E-state index in [1.54, 1.807) is 16.2 Å². The lowest BCUT2D eigenvalue weighted by Crippen LogP contribution is -2.49. The lowest BCUT2D eigenvalue weighted by Gasteiger charge is -2.36. The Morgan fingerprint density at radius 3 is 2.65 bits per heavy atom. The summed E-state index contributed by atoms with van der Waals surface area (Å²) in [5, 5.41) is 12.6. The highest BCUT2D eigenvalue weighted by Crippen LogP contribution is 2.30. The third kappa shape index (κ3) is 4.28. The normalized spacial score (nSPS) is 28.2. The Balaban J connectivity index is 1.50. The zero-order valence-corrected chi connectivity index (χ0v) is 13.8. The van der Waals surface area contributed by atoms with Crippen LogP contribution in [0, 0.1) is 0 Å². The number of alkyl halides is 2. The number of amides is 1. The third-order valence-corrected chi connectivity index (χ3v) is 5.57. The first-order valence-corrected chi connectivity index (χ1v) is 8.86. The quantitative estimate of drug-likeness (QED) is 0.908. The molecule has 4 nitrogen and oxygen atoms in total. The third-order valence-electron chi connectivity index (χ3n) is 4.70. The molecule has 0 saturated carbocycles. The van der Waals surface area contributed by atoms with Gasteiger partial charge >= 0.3 is 0 Å². The van der Waals surface area contributed by atoms with Gasteiger partial charge in [-0.1, -0.05) is 6.07 Å². The molecular formula is C16H22F2N2O2S. The highest BCUT2D eigenvalue weighted by Gasteiger charge is 2.42. The van der Waals surface area contributed by atoms with E-state index in [1.807, 2.05) is 22.4 Å². The molecule has 0 aliphatic carbocycles. The number of thiophene rings is 1. The van der Waals surface area contributed by atoms with Crippen molar-refractivity contribution in [1.29, 1.82) is 0 Å². The second-order valence-electron chi connectivity index (χ2n) is 6.68. The van der Waals surface area contributed by atoms with Crippen LogP contribution in [0.2, 0.25) is 0 Å². The van der Waals surface area contributed by atoms with Gasteiger partial charge < -0.3 is 10.0 Å². The fraction of sp³-hybridized carbons (Fsp3) is 0.688. The maximum absolute atomic E-state index is 13.2. The zero-order valence-electron chi connectivity index (χ0n) is 13.0. The molecule has 128 valence electrons. The molecule has 0 unspecified atom stereocenters. The van der Waals surface area contributed by atoms with Crippen molar-refractivity contribution in [3.05, 3.63) is 22.4 Å². The number of rotatable bonds is 4. The average Bonchev–Trinajstić information content (AvgIpc) is 3.11. The number of likely N-dealkylation sites (tertiary alicyclic amines) is 2. The number of nitrogens with zero attached hydrogens (tertiary/aromatic N) is 2. The molecule has 1 aromatic heterocycles. The summed E-state index contributed by atoms with van der Waals surface area (Å²) < 4.78 is 26.4. The summed E-state index contributed by atoms with van der Waals surface area (Å²) in [6.07, 6.45) is 0.577. The van der Waals surface area contributed by atoms with E-state index in [4.69, 9.17) is 0 Å². The molecule has 2 fully saturated rings. The molecule has 2 saturated heterocycles. The number of carbonyl (C=O) groups excluding carboxylic acids is 1. The van der Waals surface area contributed by atoms with Gasteiger partial charge in [0, 0.05) is 43.9 Å². The van der Waals surface area contributed by atoms with E-state index in [9.17, 15) is 18.7 Å². The van der Waals surface area contributed by atoms with Gasteiger partial charge in [-0.15, -0.1) is 11.3 Å². The van der Waals surface area contributed by atoms with Crippen molar-refractivity contribution in [2.24, 2.45) is 0 Å². The van der Waals surface area contributed by atoms with Crippen LogP contribution in [0.25, 0.3) is 0 Å². The molecule has 0 spiro atoms. The van der Waals surface area contributed by atoms with Crippen LogP contribution in [0.3, 0.4) is 0 Å². The van der Waals surface area contributed by atoms with Crippen molar-refractivity contribution >= 4 is 17.2 Å². The Kier molecular flexibility index (Phi) is 4.71. The molecule has 2 aliphatic rings. The minimum atomic E-state index is -2.57. The van der Waals surface area contributed by atoms with Gasteiger partial charge in [-0.05, 0) is 17.9 Å². The Labute approximate surface area is 138 Å². The molecule has 1 atom stereocenters. The summed E-state index contributed by atoms with van der Waals surface area (Å²) in [5.41, 5.74) is -0.974. The van der Waals surface area contributed by atoms with E-state index in [2.05, 4.69) is 0 Å². The molecule has 0 aromatic carbocycles. The van der Waals surface area contributed by atoms with Crippen molar-refractivity contribution in [2.75, 3.05) is 32.7 Å². The molecule has 7 heteroatoms. The second-order valence-corrected chi connectivity index (χ2v) is 7.71. The molecule has 1 aromatic rings. The molecule has 23 heavy (non-hydrogen) atoms. The number of aliphatic hydroxyl groups is 1. The van der Waals surface area contributed by atoms with Crippen LogP contribution in [0.5, 0.6) is 0 Å². The smallest absolute Gasteiger partial charge is 0.250 e. The Bertz CT molecular complexity index is 542.